The summed E-state index contributed by atoms with van der Waals surface area (Å²) in [5, 5.41) is 0. The van der Waals surface area contributed by atoms with Crippen LogP contribution in [0.1, 0.15) is 24.8 Å². The lowest BCUT2D eigenvalue weighted by atomic mass is 9.85. The van der Waals surface area contributed by atoms with Crippen molar-refractivity contribution in [2.24, 2.45) is 5.92 Å². The van der Waals surface area contributed by atoms with E-state index in [9.17, 15) is 8.42 Å². The van der Waals surface area contributed by atoms with Gasteiger partial charge >= 0.3 is 0 Å². The third-order valence-electron chi connectivity index (χ3n) is 3.43. The molecule has 1 aromatic carbocycles. The third-order valence-corrected chi connectivity index (χ3v) is 4.15. The molecule has 0 atom stereocenters. The number of benzene rings is 1. The van der Waals surface area contributed by atoms with Crippen LogP contribution >= 0.6 is 0 Å². The highest BCUT2D eigenvalue weighted by Gasteiger charge is 2.20. The molecule has 4 nitrogen and oxygen atoms in total. The maximum atomic E-state index is 11.2. The molecule has 0 radical (unpaired) electrons. The Kier molecular flexibility index (Phi) is 4.85. The van der Waals surface area contributed by atoms with Crippen molar-refractivity contribution in [2.75, 3.05) is 13.7 Å². The number of rotatable bonds is 6. The Morgan fingerprint density at radius 1 is 1.32 bits per heavy atom. The number of nitrogens with zero attached hydrogens (tertiary/aromatic N) is 1. The number of thiol groups is 1. The molecule has 5 heteroatoms. The molecule has 0 unspecified atom stereocenters. The standard InChI is InChI=1S/C14H19NO3S/c1-18-14-7-5-12(6-8-14)9-10-15(19(16)17)11-13-3-2-4-13/h5-10,13,19H,2-4,11H2,1H3. The van der Waals surface area contributed by atoms with Gasteiger partial charge in [0.25, 0.3) is 0 Å². The molecular formula is C14H19NO3S. The Hall–Kier alpha value is -1.49. The predicted molar refractivity (Wildman–Crippen MR) is 76.4 cm³/mol. The zero-order valence-electron chi connectivity index (χ0n) is 11.0. The van der Waals surface area contributed by atoms with Gasteiger partial charge in [0.1, 0.15) is 5.75 Å². The molecule has 0 saturated heterocycles. The van der Waals surface area contributed by atoms with Crippen molar-refractivity contribution < 1.29 is 13.2 Å². The molecule has 104 valence electrons. The smallest absolute Gasteiger partial charge is 0.224 e. The van der Waals surface area contributed by atoms with Gasteiger partial charge in [-0.3, -0.25) is 4.31 Å². The monoisotopic (exact) mass is 281 g/mol. The second kappa shape index (κ2) is 6.61. The lowest BCUT2D eigenvalue weighted by Crippen LogP contribution is -2.27. The fraction of sp³-hybridized carbons (Fsp3) is 0.429. The van der Waals surface area contributed by atoms with Gasteiger partial charge in [0.15, 0.2) is 0 Å². The topological polar surface area (TPSA) is 46.6 Å². The molecule has 1 saturated carbocycles. The van der Waals surface area contributed by atoms with E-state index in [2.05, 4.69) is 0 Å². The molecule has 1 aliphatic carbocycles. The Bertz CT molecular complexity index is 496. The summed E-state index contributed by atoms with van der Waals surface area (Å²) in [6.07, 6.45) is 6.94. The molecule has 0 amide bonds. The van der Waals surface area contributed by atoms with Gasteiger partial charge in [-0.05, 0) is 42.5 Å². The zero-order chi connectivity index (χ0) is 13.7. The summed E-state index contributed by atoms with van der Waals surface area (Å²) in [5.74, 6) is 1.31. The summed E-state index contributed by atoms with van der Waals surface area (Å²) in [6, 6.07) is 7.50. The molecule has 1 aliphatic rings. The normalized spacial score (nSPS) is 15.7. The lowest BCUT2D eigenvalue weighted by molar-refractivity contribution is 0.275. The highest BCUT2D eigenvalue weighted by Crippen LogP contribution is 2.27. The molecule has 1 fully saturated rings. The van der Waals surface area contributed by atoms with E-state index >= 15 is 0 Å². The Balaban J connectivity index is 1.99. The largest absolute Gasteiger partial charge is 0.497 e. The van der Waals surface area contributed by atoms with Crippen LogP contribution < -0.4 is 4.74 Å². The minimum absolute atomic E-state index is 0.522. The van der Waals surface area contributed by atoms with Crippen molar-refractivity contribution in [3.8, 4) is 5.75 Å². The summed E-state index contributed by atoms with van der Waals surface area (Å²) >= 11 is 0. The van der Waals surface area contributed by atoms with Crippen molar-refractivity contribution in [3.63, 3.8) is 0 Å². The van der Waals surface area contributed by atoms with Crippen LogP contribution in [0.5, 0.6) is 5.75 Å². The van der Waals surface area contributed by atoms with E-state index in [1.165, 1.54) is 10.7 Å². The van der Waals surface area contributed by atoms with Crippen LogP contribution in [0.25, 0.3) is 6.08 Å². The average molecular weight is 281 g/mol. The van der Waals surface area contributed by atoms with Crippen LogP contribution in [-0.4, -0.2) is 26.4 Å². The van der Waals surface area contributed by atoms with Gasteiger partial charge in [-0.15, -0.1) is 0 Å². The zero-order valence-corrected chi connectivity index (χ0v) is 11.9. The first-order valence-corrected chi connectivity index (χ1v) is 7.55. The molecule has 0 spiro atoms. The van der Waals surface area contributed by atoms with E-state index in [-0.39, 0.29) is 0 Å². The Morgan fingerprint density at radius 3 is 2.47 bits per heavy atom. The first-order valence-electron chi connectivity index (χ1n) is 6.42. The van der Waals surface area contributed by atoms with Crippen molar-refractivity contribution in [2.45, 2.75) is 19.3 Å². The molecule has 0 heterocycles. The van der Waals surface area contributed by atoms with E-state index in [0.717, 1.165) is 24.2 Å². The van der Waals surface area contributed by atoms with Crippen molar-refractivity contribution in [1.82, 2.24) is 4.31 Å². The van der Waals surface area contributed by atoms with Crippen molar-refractivity contribution in [3.05, 3.63) is 36.0 Å². The first-order chi connectivity index (χ1) is 9.19. The highest BCUT2D eigenvalue weighted by molar-refractivity contribution is 7.70. The molecule has 19 heavy (non-hydrogen) atoms. The minimum Gasteiger partial charge on any atom is -0.497 e. The molecular weight excluding hydrogens is 262 g/mol. The predicted octanol–water partition coefficient (Wildman–Crippen LogP) is 2.29. The maximum Gasteiger partial charge on any atom is 0.224 e. The summed E-state index contributed by atoms with van der Waals surface area (Å²) in [4.78, 5) is 0. The molecule has 2 rings (SSSR count). The van der Waals surface area contributed by atoms with Gasteiger partial charge < -0.3 is 4.74 Å². The van der Waals surface area contributed by atoms with Crippen molar-refractivity contribution >= 4 is 17.0 Å². The highest BCUT2D eigenvalue weighted by atomic mass is 32.2. The number of ether oxygens (including phenoxy) is 1. The summed E-state index contributed by atoms with van der Waals surface area (Å²) in [7, 11) is -0.934. The number of hydrogen-bond acceptors (Lipinski definition) is 3. The fourth-order valence-electron chi connectivity index (χ4n) is 2.01. The van der Waals surface area contributed by atoms with E-state index in [1.54, 1.807) is 13.3 Å². The van der Waals surface area contributed by atoms with Gasteiger partial charge in [0.05, 0.1) is 7.11 Å². The molecule has 0 N–H and O–H groups in total. The third kappa shape index (κ3) is 3.99. The van der Waals surface area contributed by atoms with Gasteiger partial charge in [0.2, 0.25) is 10.9 Å². The summed E-state index contributed by atoms with van der Waals surface area (Å²) < 4.78 is 28.9. The molecule has 0 aromatic heterocycles. The second-order valence-electron chi connectivity index (χ2n) is 4.75. The minimum atomic E-state index is -2.55. The van der Waals surface area contributed by atoms with Gasteiger partial charge in [-0.25, -0.2) is 8.42 Å². The van der Waals surface area contributed by atoms with Crippen LogP contribution in [0.3, 0.4) is 0 Å². The van der Waals surface area contributed by atoms with Gasteiger partial charge in [-0.2, -0.15) is 0 Å². The molecule has 1 aromatic rings. The van der Waals surface area contributed by atoms with Crippen LogP contribution in [0, 0.1) is 5.92 Å². The fourth-order valence-corrected chi connectivity index (χ4v) is 2.55. The van der Waals surface area contributed by atoms with Crippen LogP contribution in [0.15, 0.2) is 30.5 Å². The summed E-state index contributed by atoms with van der Waals surface area (Å²) in [5.41, 5.74) is 0.955. The van der Waals surface area contributed by atoms with Gasteiger partial charge in [-0.1, -0.05) is 18.6 Å². The quantitative estimate of drug-likeness (QED) is 0.814. The molecule has 0 bridgehead atoms. The Labute approximate surface area is 115 Å². The summed E-state index contributed by atoms with van der Waals surface area (Å²) in [6.45, 7) is 0.603. The first kappa shape index (κ1) is 13.9. The van der Waals surface area contributed by atoms with E-state index in [4.69, 9.17) is 4.74 Å². The van der Waals surface area contributed by atoms with Gasteiger partial charge in [0, 0.05) is 12.7 Å². The van der Waals surface area contributed by atoms with Crippen LogP contribution in [-0.2, 0) is 10.9 Å². The second-order valence-corrected chi connectivity index (χ2v) is 5.74. The Morgan fingerprint density at radius 2 is 2.00 bits per heavy atom. The number of hydrogen-bond donors (Lipinski definition) is 1. The van der Waals surface area contributed by atoms with E-state index in [0.29, 0.717) is 12.5 Å². The van der Waals surface area contributed by atoms with Crippen LogP contribution in [0.2, 0.25) is 0 Å². The SMILES string of the molecule is COc1ccc(C=CN(CC2CCC2)[SH](=O)=O)cc1. The number of methoxy groups -OCH3 is 1. The molecule has 0 aliphatic heterocycles. The van der Waals surface area contributed by atoms with Crippen molar-refractivity contribution in [1.29, 1.82) is 0 Å². The maximum absolute atomic E-state index is 11.2. The van der Waals surface area contributed by atoms with E-state index in [1.807, 2.05) is 30.3 Å². The lowest BCUT2D eigenvalue weighted by Gasteiger charge is -2.28. The van der Waals surface area contributed by atoms with Crippen LogP contribution in [0.4, 0.5) is 0 Å². The van der Waals surface area contributed by atoms with E-state index < -0.39 is 10.9 Å². The average Bonchev–Trinajstić information content (AvgIpc) is 2.37.